The normalized spacial score (nSPS) is 17.8. The van der Waals surface area contributed by atoms with Gasteiger partial charge >= 0.3 is 0 Å². The van der Waals surface area contributed by atoms with Crippen LogP contribution in [0.1, 0.15) is 24.0 Å². The van der Waals surface area contributed by atoms with Crippen LogP contribution in [0.4, 0.5) is 10.1 Å². The maximum absolute atomic E-state index is 13.1. The number of amides is 2. The molecule has 0 aromatic heterocycles. The number of halogens is 1. The smallest absolute Gasteiger partial charge is 0.270 e. The van der Waals surface area contributed by atoms with Gasteiger partial charge in [0, 0.05) is 45.6 Å². The molecule has 0 saturated carbocycles. The van der Waals surface area contributed by atoms with E-state index in [0.717, 1.165) is 30.8 Å². The number of piperazine rings is 1. The van der Waals surface area contributed by atoms with Crippen LogP contribution in [-0.4, -0.2) is 53.5 Å². The molecule has 1 fully saturated rings. The Balaban J connectivity index is 1.38. The second kappa shape index (κ2) is 8.75. The number of hydrogen-bond donors (Lipinski definition) is 0. The number of hydrazone groups is 1. The third kappa shape index (κ3) is 4.57. The highest BCUT2D eigenvalue weighted by molar-refractivity contribution is 6.40. The van der Waals surface area contributed by atoms with E-state index in [0.29, 0.717) is 30.9 Å². The molecule has 0 unspecified atom stereocenters. The molecule has 4 rings (SSSR count). The van der Waals surface area contributed by atoms with Gasteiger partial charge in [-0.15, -0.1) is 0 Å². The molecule has 2 aliphatic heterocycles. The van der Waals surface area contributed by atoms with Gasteiger partial charge in [-0.3, -0.25) is 14.5 Å². The molecule has 0 N–H and O–H groups in total. The molecule has 0 spiro atoms. The van der Waals surface area contributed by atoms with Crippen molar-refractivity contribution in [2.45, 2.75) is 26.3 Å². The van der Waals surface area contributed by atoms with E-state index >= 15 is 0 Å². The Morgan fingerprint density at radius 3 is 2.30 bits per heavy atom. The number of benzene rings is 2. The fourth-order valence-corrected chi connectivity index (χ4v) is 3.73. The van der Waals surface area contributed by atoms with Crippen molar-refractivity contribution in [2.24, 2.45) is 5.10 Å². The van der Waals surface area contributed by atoms with Crippen molar-refractivity contribution in [1.29, 1.82) is 0 Å². The van der Waals surface area contributed by atoms with Gasteiger partial charge in [-0.2, -0.15) is 5.10 Å². The van der Waals surface area contributed by atoms with E-state index in [2.05, 4.69) is 10.0 Å². The summed E-state index contributed by atoms with van der Waals surface area (Å²) in [5, 5.41) is 5.74. The molecular weight excluding hydrogens is 383 g/mol. The van der Waals surface area contributed by atoms with Gasteiger partial charge in [-0.1, -0.05) is 29.8 Å². The van der Waals surface area contributed by atoms with Crippen molar-refractivity contribution >= 4 is 23.2 Å². The van der Waals surface area contributed by atoms with Gasteiger partial charge in [0.1, 0.15) is 11.5 Å². The van der Waals surface area contributed by atoms with Crippen LogP contribution >= 0.6 is 0 Å². The molecule has 1 saturated heterocycles. The number of nitrogens with zero attached hydrogens (tertiary/aromatic N) is 4. The number of carbonyl (C=O) groups is 2. The van der Waals surface area contributed by atoms with Crippen molar-refractivity contribution in [3.05, 3.63) is 65.5 Å². The zero-order chi connectivity index (χ0) is 21.1. The molecule has 156 valence electrons. The van der Waals surface area contributed by atoms with Crippen molar-refractivity contribution in [3.63, 3.8) is 0 Å². The number of rotatable bonds is 4. The molecule has 2 heterocycles. The van der Waals surface area contributed by atoms with E-state index < -0.39 is 0 Å². The van der Waals surface area contributed by atoms with Gasteiger partial charge in [-0.25, -0.2) is 9.40 Å². The van der Waals surface area contributed by atoms with Crippen LogP contribution in [0.25, 0.3) is 0 Å². The van der Waals surface area contributed by atoms with Crippen LogP contribution in [0.5, 0.6) is 0 Å². The number of carbonyl (C=O) groups excluding carboxylic acids is 2. The first-order valence-corrected chi connectivity index (χ1v) is 10.2. The lowest BCUT2D eigenvalue weighted by molar-refractivity contribution is -0.126. The summed E-state index contributed by atoms with van der Waals surface area (Å²) in [7, 11) is 0. The van der Waals surface area contributed by atoms with E-state index in [1.54, 1.807) is 12.1 Å². The molecule has 2 aliphatic rings. The molecular formula is C23H25FN4O2. The fraction of sp³-hybridized carbons (Fsp3) is 0.348. The number of hydrogen-bond acceptors (Lipinski definition) is 4. The molecule has 6 nitrogen and oxygen atoms in total. The van der Waals surface area contributed by atoms with Crippen LogP contribution in [-0.2, 0) is 16.1 Å². The molecule has 0 atom stereocenters. The van der Waals surface area contributed by atoms with Gasteiger partial charge in [0.2, 0.25) is 5.91 Å². The molecule has 2 aromatic rings. The topological polar surface area (TPSA) is 56.2 Å². The lowest BCUT2D eigenvalue weighted by Crippen LogP contribution is -2.51. The Bertz CT molecular complexity index is 948. The van der Waals surface area contributed by atoms with Crippen LogP contribution in [0, 0.1) is 12.7 Å². The SMILES string of the molecule is Cc1ccc(N2N=C(C(=O)N3CCN(Cc4ccc(F)cc4)CC3)CCC2=O)cc1. The van der Waals surface area contributed by atoms with Crippen LogP contribution in [0.15, 0.2) is 53.6 Å². The van der Waals surface area contributed by atoms with Crippen molar-refractivity contribution < 1.29 is 14.0 Å². The van der Waals surface area contributed by atoms with Crippen LogP contribution < -0.4 is 5.01 Å². The van der Waals surface area contributed by atoms with E-state index in [4.69, 9.17) is 0 Å². The summed E-state index contributed by atoms with van der Waals surface area (Å²) in [6.07, 6.45) is 0.652. The monoisotopic (exact) mass is 408 g/mol. The predicted molar refractivity (Wildman–Crippen MR) is 114 cm³/mol. The highest BCUT2D eigenvalue weighted by Gasteiger charge is 2.30. The van der Waals surface area contributed by atoms with Crippen LogP contribution in [0.2, 0.25) is 0 Å². The van der Waals surface area contributed by atoms with Gasteiger partial charge in [0.25, 0.3) is 5.91 Å². The zero-order valence-corrected chi connectivity index (χ0v) is 17.1. The van der Waals surface area contributed by atoms with E-state index in [1.807, 2.05) is 36.1 Å². The molecule has 0 radical (unpaired) electrons. The Kier molecular flexibility index (Phi) is 5.90. The van der Waals surface area contributed by atoms with Crippen molar-refractivity contribution in [1.82, 2.24) is 9.80 Å². The molecule has 0 aliphatic carbocycles. The Labute approximate surface area is 175 Å². The minimum Gasteiger partial charge on any atom is -0.335 e. The first kappa shape index (κ1) is 20.2. The summed E-state index contributed by atoms with van der Waals surface area (Å²) in [6, 6.07) is 14.1. The van der Waals surface area contributed by atoms with E-state index in [1.165, 1.54) is 17.1 Å². The highest BCUT2D eigenvalue weighted by atomic mass is 19.1. The summed E-state index contributed by atoms with van der Waals surface area (Å²) < 4.78 is 13.1. The number of anilines is 1. The van der Waals surface area contributed by atoms with E-state index in [9.17, 15) is 14.0 Å². The largest absolute Gasteiger partial charge is 0.335 e. The summed E-state index contributed by atoms with van der Waals surface area (Å²) in [6.45, 7) is 5.43. The van der Waals surface area contributed by atoms with Crippen LogP contribution in [0.3, 0.4) is 0 Å². The Hall–Kier alpha value is -3.06. The molecule has 7 heteroatoms. The molecule has 30 heavy (non-hydrogen) atoms. The Morgan fingerprint density at radius 1 is 0.967 bits per heavy atom. The third-order valence-corrected chi connectivity index (χ3v) is 5.54. The van der Waals surface area contributed by atoms with E-state index in [-0.39, 0.29) is 24.1 Å². The maximum Gasteiger partial charge on any atom is 0.270 e. The van der Waals surface area contributed by atoms with Gasteiger partial charge in [-0.05, 0) is 36.8 Å². The fourth-order valence-electron chi connectivity index (χ4n) is 3.73. The quantitative estimate of drug-likeness (QED) is 0.782. The average molecular weight is 408 g/mol. The third-order valence-electron chi connectivity index (χ3n) is 5.54. The molecule has 0 bridgehead atoms. The first-order valence-electron chi connectivity index (χ1n) is 10.2. The summed E-state index contributed by atoms with van der Waals surface area (Å²) >= 11 is 0. The number of aryl methyl sites for hydroxylation is 1. The Morgan fingerprint density at radius 2 is 1.63 bits per heavy atom. The van der Waals surface area contributed by atoms with Gasteiger partial charge in [0.15, 0.2) is 0 Å². The van der Waals surface area contributed by atoms with Gasteiger partial charge in [0.05, 0.1) is 5.69 Å². The average Bonchev–Trinajstić information content (AvgIpc) is 2.76. The lowest BCUT2D eigenvalue weighted by Gasteiger charge is -2.35. The van der Waals surface area contributed by atoms with Crippen molar-refractivity contribution in [2.75, 3.05) is 31.2 Å². The molecule has 2 amide bonds. The summed E-state index contributed by atoms with van der Waals surface area (Å²) in [5.74, 6) is -0.429. The zero-order valence-electron chi connectivity index (χ0n) is 17.1. The summed E-state index contributed by atoms with van der Waals surface area (Å²) in [4.78, 5) is 29.4. The molecule has 2 aromatic carbocycles. The highest BCUT2D eigenvalue weighted by Crippen LogP contribution is 2.21. The maximum atomic E-state index is 13.1. The summed E-state index contributed by atoms with van der Waals surface area (Å²) in [5.41, 5.74) is 3.27. The minimum atomic E-state index is -0.236. The predicted octanol–water partition coefficient (Wildman–Crippen LogP) is 2.96. The first-order chi connectivity index (χ1) is 14.5. The van der Waals surface area contributed by atoms with Crippen molar-refractivity contribution in [3.8, 4) is 0 Å². The van der Waals surface area contributed by atoms with Gasteiger partial charge < -0.3 is 4.90 Å². The standard InChI is InChI=1S/C23H25FN4O2/c1-17-2-8-20(9-3-17)28-22(29)11-10-21(25-28)23(30)27-14-12-26(13-15-27)16-18-4-6-19(24)7-5-18/h2-9H,10-16H2,1H3. The second-order valence-corrected chi connectivity index (χ2v) is 7.78. The lowest BCUT2D eigenvalue weighted by atomic mass is 10.1. The second-order valence-electron chi connectivity index (χ2n) is 7.78. The minimum absolute atomic E-state index is 0.0963.